The Hall–Kier alpha value is -0.970. The molecule has 2 N–H and O–H groups in total. The van der Waals surface area contributed by atoms with Gasteiger partial charge in [-0.25, -0.2) is 0 Å². The first kappa shape index (κ1) is 9.03. The highest BCUT2D eigenvalue weighted by atomic mass is 16.1. The van der Waals surface area contributed by atoms with Gasteiger partial charge in [-0.05, 0) is 12.3 Å². The van der Waals surface area contributed by atoms with Crippen molar-refractivity contribution in [2.75, 3.05) is 0 Å². The summed E-state index contributed by atoms with van der Waals surface area (Å²) in [6.45, 7) is 4.01. The largest absolute Gasteiger partial charge is 0.369 e. The van der Waals surface area contributed by atoms with Crippen molar-refractivity contribution in [2.24, 2.45) is 17.6 Å². The smallest absolute Gasteiger partial charge is 0.232 e. The van der Waals surface area contributed by atoms with Crippen LogP contribution in [0.25, 0.3) is 0 Å². The summed E-state index contributed by atoms with van der Waals surface area (Å²) in [5, 5.41) is 0. The van der Waals surface area contributed by atoms with E-state index in [4.69, 9.17) is 12.2 Å². The van der Waals surface area contributed by atoms with Crippen molar-refractivity contribution in [2.45, 2.75) is 20.3 Å². The Morgan fingerprint density at radius 3 is 2.30 bits per heavy atom. The average molecular weight is 139 g/mol. The summed E-state index contributed by atoms with van der Waals surface area (Å²) < 4.78 is 0. The van der Waals surface area contributed by atoms with Crippen LogP contribution < -0.4 is 5.73 Å². The van der Waals surface area contributed by atoms with Gasteiger partial charge in [-0.3, -0.25) is 4.79 Å². The summed E-state index contributed by atoms with van der Waals surface area (Å²) in [7, 11) is 0. The number of hydrogen-bond donors (Lipinski definition) is 1. The molecule has 0 aromatic carbocycles. The zero-order valence-electron chi connectivity index (χ0n) is 6.42. The number of carbonyl (C=O) groups is 1. The SMILES string of the molecule is C#C[C@H](CC(C)C)C(N)=O. The second kappa shape index (κ2) is 3.94. The van der Waals surface area contributed by atoms with Gasteiger partial charge in [0.1, 0.15) is 0 Å². The first-order valence-electron chi connectivity index (χ1n) is 3.33. The van der Waals surface area contributed by atoms with Crippen LogP contribution in [-0.2, 0) is 4.79 Å². The molecule has 56 valence electrons. The van der Waals surface area contributed by atoms with Crippen molar-refractivity contribution in [3.05, 3.63) is 0 Å². The highest BCUT2D eigenvalue weighted by Crippen LogP contribution is 2.09. The molecule has 0 rings (SSSR count). The van der Waals surface area contributed by atoms with E-state index in [9.17, 15) is 4.79 Å². The lowest BCUT2D eigenvalue weighted by atomic mass is 9.97. The summed E-state index contributed by atoms with van der Waals surface area (Å²) in [4.78, 5) is 10.5. The molecule has 0 saturated carbocycles. The van der Waals surface area contributed by atoms with Gasteiger partial charge in [-0.15, -0.1) is 6.42 Å². The molecule has 2 heteroatoms. The predicted molar refractivity (Wildman–Crippen MR) is 41.0 cm³/mol. The molecule has 0 aliphatic heterocycles. The van der Waals surface area contributed by atoms with E-state index in [0.29, 0.717) is 12.3 Å². The normalized spacial score (nSPS) is 12.6. The van der Waals surface area contributed by atoms with E-state index in [-0.39, 0.29) is 5.92 Å². The van der Waals surface area contributed by atoms with E-state index in [1.54, 1.807) is 0 Å². The number of carbonyl (C=O) groups excluding carboxylic acids is 1. The highest BCUT2D eigenvalue weighted by Gasteiger charge is 2.12. The lowest BCUT2D eigenvalue weighted by Crippen LogP contribution is -2.23. The van der Waals surface area contributed by atoms with Crippen LogP contribution in [-0.4, -0.2) is 5.91 Å². The average Bonchev–Trinajstić information content (AvgIpc) is 1.81. The van der Waals surface area contributed by atoms with Crippen LogP contribution >= 0.6 is 0 Å². The third-order valence-corrected chi connectivity index (χ3v) is 1.25. The van der Waals surface area contributed by atoms with Gasteiger partial charge in [-0.1, -0.05) is 19.8 Å². The molecular formula is C8H13NO. The fraction of sp³-hybridized carbons (Fsp3) is 0.625. The van der Waals surface area contributed by atoms with Crippen LogP contribution in [0.1, 0.15) is 20.3 Å². The van der Waals surface area contributed by atoms with Crippen LogP contribution in [0.3, 0.4) is 0 Å². The molecule has 0 heterocycles. The van der Waals surface area contributed by atoms with Gasteiger partial charge in [0.2, 0.25) is 5.91 Å². The first-order valence-corrected chi connectivity index (χ1v) is 3.33. The molecule has 0 saturated heterocycles. The topological polar surface area (TPSA) is 43.1 Å². The third kappa shape index (κ3) is 3.13. The van der Waals surface area contributed by atoms with Crippen molar-refractivity contribution in [1.82, 2.24) is 0 Å². The first-order chi connectivity index (χ1) is 4.57. The monoisotopic (exact) mass is 139 g/mol. The van der Waals surface area contributed by atoms with E-state index in [2.05, 4.69) is 5.92 Å². The van der Waals surface area contributed by atoms with Crippen LogP contribution in [0.15, 0.2) is 0 Å². The maximum atomic E-state index is 10.5. The molecule has 1 amide bonds. The number of primary amides is 1. The lowest BCUT2D eigenvalue weighted by molar-refractivity contribution is -0.120. The Bertz CT molecular complexity index is 155. The third-order valence-electron chi connectivity index (χ3n) is 1.25. The Labute approximate surface area is 61.8 Å². The van der Waals surface area contributed by atoms with Crippen molar-refractivity contribution < 1.29 is 4.79 Å². The Balaban J connectivity index is 3.88. The quantitative estimate of drug-likeness (QED) is 0.576. The van der Waals surface area contributed by atoms with E-state index in [1.807, 2.05) is 13.8 Å². The number of nitrogens with two attached hydrogens (primary N) is 1. The second-order valence-electron chi connectivity index (χ2n) is 2.75. The Morgan fingerprint density at radius 2 is 2.20 bits per heavy atom. The summed E-state index contributed by atoms with van der Waals surface area (Å²) in [6, 6.07) is 0. The number of hydrogen-bond acceptors (Lipinski definition) is 1. The van der Waals surface area contributed by atoms with E-state index in [1.165, 1.54) is 0 Å². The van der Waals surface area contributed by atoms with Crippen molar-refractivity contribution >= 4 is 5.91 Å². The van der Waals surface area contributed by atoms with Gasteiger partial charge < -0.3 is 5.73 Å². The summed E-state index contributed by atoms with van der Waals surface area (Å²) >= 11 is 0. The molecule has 0 radical (unpaired) electrons. The number of terminal acetylenes is 1. The zero-order chi connectivity index (χ0) is 8.15. The lowest BCUT2D eigenvalue weighted by Gasteiger charge is -2.07. The highest BCUT2D eigenvalue weighted by molar-refractivity contribution is 5.79. The molecule has 1 atom stereocenters. The minimum Gasteiger partial charge on any atom is -0.369 e. The van der Waals surface area contributed by atoms with Crippen LogP contribution in [0.4, 0.5) is 0 Å². The maximum Gasteiger partial charge on any atom is 0.232 e. The molecule has 10 heavy (non-hydrogen) atoms. The van der Waals surface area contributed by atoms with Crippen LogP contribution in [0, 0.1) is 24.2 Å². The molecule has 0 spiro atoms. The van der Waals surface area contributed by atoms with Gasteiger partial charge in [0.25, 0.3) is 0 Å². The molecule has 0 aliphatic rings. The molecular weight excluding hydrogens is 126 g/mol. The van der Waals surface area contributed by atoms with Crippen molar-refractivity contribution in [3.8, 4) is 12.3 Å². The van der Waals surface area contributed by atoms with E-state index in [0.717, 1.165) is 0 Å². The minimum atomic E-state index is -0.392. The summed E-state index contributed by atoms with van der Waals surface area (Å²) in [5.41, 5.74) is 5.01. The molecule has 2 nitrogen and oxygen atoms in total. The predicted octanol–water partition coefficient (Wildman–Crippen LogP) is 0.767. The molecule has 0 aromatic heterocycles. The van der Waals surface area contributed by atoms with Gasteiger partial charge in [0.05, 0.1) is 5.92 Å². The Morgan fingerprint density at radius 1 is 1.70 bits per heavy atom. The fourth-order valence-electron chi connectivity index (χ4n) is 0.738. The van der Waals surface area contributed by atoms with Gasteiger partial charge in [0, 0.05) is 0 Å². The fourth-order valence-corrected chi connectivity index (χ4v) is 0.738. The molecule has 0 unspecified atom stereocenters. The zero-order valence-corrected chi connectivity index (χ0v) is 6.42. The van der Waals surface area contributed by atoms with E-state index >= 15 is 0 Å². The maximum absolute atomic E-state index is 10.5. The van der Waals surface area contributed by atoms with Gasteiger partial charge in [0.15, 0.2) is 0 Å². The van der Waals surface area contributed by atoms with Gasteiger partial charge in [-0.2, -0.15) is 0 Å². The molecule has 0 fully saturated rings. The minimum absolute atomic E-state index is 0.389. The van der Waals surface area contributed by atoms with Crippen molar-refractivity contribution in [3.63, 3.8) is 0 Å². The summed E-state index contributed by atoms with van der Waals surface area (Å²) in [5.74, 6) is 2.00. The number of amides is 1. The van der Waals surface area contributed by atoms with E-state index < -0.39 is 5.91 Å². The van der Waals surface area contributed by atoms with Crippen LogP contribution in [0.2, 0.25) is 0 Å². The standard InChI is InChI=1S/C8H13NO/c1-4-7(8(9)10)5-6(2)3/h1,6-7H,5H2,2-3H3,(H2,9,10)/t7-/m1/s1. The Kier molecular flexibility index (Phi) is 3.56. The second-order valence-corrected chi connectivity index (χ2v) is 2.75. The summed E-state index contributed by atoms with van der Waals surface area (Å²) in [6.07, 6.45) is 5.76. The molecule has 0 bridgehead atoms. The molecule has 0 aromatic rings. The van der Waals surface area contributed by atoms with Crippen LogP contribution in [0.5, 0.6) is 0 Å². The molecule has 0 aliphatic carbocycles. The number of rotatable bonds is 3. The van der Waals surface area contributed by atoms with Gasteiger partial charge >= 0.3 is 0 Å². The van der Waals surface area contributed by atoms with Crippen molar-refractivity contribution in [1.29, 1.82) is 0 Å².